The molecule has 2 bridgehead atoms. The average molecular weight is 458 g/mol. The Morgan fingerprint density at radius 3 is 3.00 bits per heavy atom. The van der Waals surface area contributed by atoms with Crippen LogP contribution in [0.5, 0.6) is 0 Å². The van der Waals surface area contributed by atoms with Gasteiger partial charge >= 0.3 is 0 Å². The maximum atomic E-state index is 13.6. The van der Waals surface area contributed by atoms with Crippen molar-refractivity contribution in [2.24, 2.45) is 22.1 Å². The van der Waals surface area contributed by atoms with Crippen molar-refractivity contribution in [1.82, 2.24) is 20.9 Å². The lowest BCUT2D eigenvalue weighted by atomic mass is 9.76. The number of nitrogens with one attached hydrogen (secondary N) is 3. The van der Waals surface area contributed by atoms with E-state index in [1.807, 2.05) is 14.1 Å². The molecule has 0 aromatic carbocycles. The normalized spacial score (nSPS) is 34.0. The zero-order valence-electron chi connectivity index (χ0n) is 20.4. The number of hydrogen-bond acceptors (Lipinski definition) is 8. The number of carbonyl (C=O) groups excluding carboxylic acids is 1. The molecule has 0 aromatic rings. The number of amides is 1. The van der Waals surface area contributed by atoms with Crippen LogP contribution in [-0.2, 0) is 9.53 Å². The highest BCUT2D eigenvalue weighted by molar-refractivity contribution is 5.83. The van der Waals surface area contributed by atoms with Crippen molar-refractivity contribution in [3.63, 3.8) is 0 Å². The highest BCUT2D eigenvalue weighted by Crippen LogP contribution is 2.38. The molecule has 6 atom stereocenters. The smallest absolute Gasteiger partial charge is 0.232 e. The summed E-state index contributed by atoms with van der Waals surface area (Å²) in [5.41, 5.74) is 7.77. The van der Waals surface area contributed by atoms with Crippen LogP contribution in [-0.4, -0.2) is 81.4 Å². The van der Waals surface area contributed by atoms with E-state index in [0.29, 0.717) is 25.3 Å². The second-order valence-corrected chi connectivity index (χ2v) is 9.84. The van der Waals surface area contributed by atoms with Crippen LogP contribution < -0.4 is 21.7 Å². The van der Waals surface area contributed by atoms with Crippen LogP contribution in [0.4, 0.5) is 0 Å². The Bertz CT molecular complexity index is 842. The molecule has 3 aliphatic rings. The first-order chi connectivity index (χ1) is 15.8. The number of carbonyl (C=O) groups is 1. The van der Waals surface area contributed by atoms with Crippen molar-refractivity contribution in [2.75, 3.05) is 40.3 Å². The molecular formula is C24H39N7O2. The van der Waals surface area contributed by atoms with E-state index in [4.69, 9.17) is 10.5 Å². The molecule has 0 radical (unpaired) electrons. The van der Waals surface area contributed by atoms with Crippen LogP contribution in [0.15, 0.2) is 22.3 Å². The molecule has 9 heteroatoms. The van der Waals surface area contributed by atoms with E-state index < -0.39 is 12.1 Å². The molecule has 33 heavy (non-hydrogen) atoms. The maximum absolute atomic E-state index is 13.6. The fraction of sp³-hybridized carbons (Fsp3) is 0.750. The number of likely N-dealkylation sites (N-methyl/N-ethyl adjacent to an activating group) is 1. The Morgan fingerprint density at radius 2 is 2.30 bits per heavy atom. The number of nitriles is 1. The van der Waals surface area contributed by atoms with Crippen molar-refractivity contribution in [3.05, 3.63) is 17.3 Å². The summed E-state index contributed by atoms with van der Waals surface area (Å²) in [5, 5.41) is 19.2. The number of piperidine rings is 1. The third-order valence-corrected chi connectivity index (χ3v) is 7.09. The first-order valence-electron chi connectivity index (χ1n) is 12.0. The number of nitrogens with two attached hydrogens (primary N) is 1. The van der Waals surface area contributed by atoms with Gasteiger partial charge in [-0.3, -0.25) is 10.1 Å². The number of nitrogens with zero attached hydrogens (tertiary/aromatic N) is 3. The fourth-order valence-corrected chi connectivity index (χ4v) is 4.75. The van der Waals surface area contributed by atoms with E-state index in [1.165, 1.54) is 0 Å². The molecule has 0 aliphatic carbocycles. The average Bonchev–Trinajstić information content (AvgIpc) is 2.81. The van der Waals surface area contributed by atoms with Gasteiger partial charge in [-0.2, -0.15) is 5.26 Å². The highest BCUT2D eigenvalue weighted by atomic mass is 16.5. The minimum Gasteiger partial charge on any atom is -0.375 e. The molecule has 0 spiro atoms. The standard InChI is InChI=1S/C24H39N7O2/c1-5-24(2)13-17-21(22(26)30-20(24)12-16(6-8-25)14-28-17)23(32)29-18-15-27-9-7-19(18)33-11-10-31(3)4/h13,18-22,27,30H,5-7,9-12,15,26H2,1-4H3,(H,29,32). The summed E-state index contributed by atoms with van der Waals surface area (Å²) in [4.78, 5) is 20.2. The minimum absolute atomic E-state index is 0.00453. The summed E-state index contributed by atoms with van der Waals surface area (Å²) >= 11 is 0. The SMILES string of the molecule is CCC1(C)C=C2N=C=C(CC#N)CC1NC(N)C2C(=O)NC1CNCCC1OCCN(C)C. The molecule has 1 fully saturated rings. The predicted octanol–water partition coefficient (Wildman–Crippen LogP) is 0.498. The third kappa shape index (κ3) is 6.30. The van der Waals surface area contributed by atoms with E-state index in [9.17, 15) is 10.1 Å². The summed E-state index contributed by atoms with van der Waals surface area (Å²) in [7, 11) is 4.03. The Kier molecular flexibility index (Phi) is 8.82. The molecule has 3 rings (SSSR count). The predicted molar refractivity (Wildman–Crippen MR) is 128 cm³/mol. The third-order valence-electron chi connectivity index (χ3n) is 7.09. The van der Waals surface area contributed by atoms with Crippen LogP contribution in [0.3, 0.4) is 0 Å². The van der Waals surface area contributed by atoms with Crippen LogP contribution in [0.2, 0.25) is 0 Å². The molecule has 3 heterocycles. The van der Waals surface area contributed by atoms with Gasteiger partial charge in [-0.15, -0.1) is 0 Å². The Labute approximate surface area is 197 Å². The molecule has 0 aromatic heterocycles. The summed E-state index contributed by atoms with van der Waals surface area (Å²) < 4.78 is 6.11. The van der Waals surface area contributed by atoms with Gasteiger partial charge in [-0.05, 0) is 45.8 Å². The van der Waals surface area contributed by atoms with Gasteiger partial charge in [0.2, 0.25) is 5.91 Å². The molecule has 1 saturated heterocycles. The Balaban J connectivity index is 1.83. The van der Waals surface area contributed by atoms with Crippen LogP contribution >= 0.6 is 0 Å². The van der Waals surface area contributed by atoms with E-state index in [-0.39, 0.29) is 35.9 Å². The topological polar surface area (TPSA) is 128 Å². The monoisotopic (exact) mass is 457 g/mol. The molecule has 5 N–H and O–H groups in total. The van der Waals surface area contributed by atoms with E-state index in [1.54, 1.807) is 0 Å². The van der Waals surface area contributed by atoms with E-state index in [2.05, 4.69) is 57.7 Å². The van der Waals surface area contributed by atoms with Crippen LogP contribution in [0.1, 0.15) is 39.5 Å². The van der Waals surface area contributed by atoms with Crippen molar-refractivity contribution in [1.29, 1.82) is 5.26 Å². The van der Waals surface area contributed by atoms with Crippen molar-refractivity contribution in [2.45, 2.75) is 63.9 Å². The molecule has 9 nitrogen and oxygen atoms in total. The Hall–Kier alpha value is -2.05. The summed E-state index contributed by atoms with van der Waals surface area (Å²) in [6, 6.07) is 2.05. The lowest BCUT2D eigenvalue weighted by Crippen LogP contribution is -2.59. The van der Waals surface area contributed by atoms with Gasteiger partial charge in [0.15, 0.2) is 0 Å². The second kappa shape index (κ2) is 11.4. The summed E-state index contributed by atoms with van der Waals surface area (Å²) in [6.45, 7) is 7.24. The first kappa shape index (κ1) is 25.6. The van der Waals surface area contributed by atoms with Gasteiger partial charge < -0.3 is 26.0 Å². The number of fused-ring (bicyclic) bond motifs is 2. The zero-order valence-corrected chi connectivity index (χ0v) is 20.4. The van der Waals surface area contributed by atoms with E-state index in [0.717, 1.165) is 31.5 Å². The number of rotatable bonds is 8. The minimum atomic E-state index is -0.654. The van der Waals surface area contributed by atoms with Gasteiger partial charge in [0.1, 0.15) is 5.92 Å². The fourth-order valence-electron chi connectivity index (χ4n) is 4.75. The highest BCUT2D eigenvalue weighted by Gasteiger charge is 2.43. The summed E-state index contributed by atoms with van der Waals surface area (Å²) in [5.74, 6) is 2.23. The molecule has 182 valence electrons. The maximum Gasteiger partial charge on any atom is 0.232 e. The lowest BCUT2D eigenvalue weighted by molar-refractivity contribution is -0.127. The molecule has 0 saturated carbocycles. The molecule has 6 unspecified atom stereocenters. The number of ether oxygens (including phenoxy) is 1. The largest absolute Gasteiger partial charge is 0.375 e. The molecule has 1 amide bonds. The second-order valence-electron chi connectivity index (χ2n) is 9.84. The summed E-state index contributed by atoms with van der Waals surface area (Å²) in [6.07, 6.45) is 4.03. The van der Waals surface area contributed by atoms with Crippen molar-refractivity contribution < 1.29 is 9.53 Å². The van der Waals surface area contributed by atoms with Crippen molar-refractivity contribution in [3.8, 4) is 6.07 Å². The van der Waals surface area contributed by atoms with Crippen LogP contribution in [0, 0.1) is 22.7 Å². The quantitative estimate of drug-likeness (QED) is 0.418. The van der Waals surface area contributed by atoms with Gasteiger partial charge in [0, 0.05) is 30.1 Å². The first-order valence-corrected chi connectivity index (χ1v) is 12.0. The van der Waals surface area contributed by atoms with E-state index >= 15 is 0 Å². The molecular weight excluding hydrogens is 418 g/mol. The lowest BCUT2D eigenvalue weighted by Gasteiger charge is -2.36. The Morgan fingerprint density at radius 1 is 1.52 bits per heavy atom. The number of hydrogen-bond donors (Lipinski definition) is 4. The van der Waals surface area contributed by atoms with Crippen molar-refractivity contribution >= 4 is 11.8 Å². The zero-order chi connectivity index (χ0) is 24.0. The number of aliphatic imine (C=N–C) groups is 1. The van der Waals surface area contributed by atoms with Gasteiger partial charge in [0.25, 0.3) is 0 Å². The van der Waals surface area contributed by atoms with Gasteiger partial charge in [-0.25, -0.2) is 4.99 Å². The molecule has 3 aliphatic heterocycles. The van der Waals surface area contributed by atoms with Crippen LogP contribution in [0.25, 0.3) is 0 Å². The van der Waals surface area contributed by atoms with Gasteiger partial charge in [-0.1, -0.05) is 19.9 Å². The van der Waals surface area contributed by atoms with Gasteiger partial charge in [0.05, 0.1) is 43.1 Å².